The minimum atomic E-state index is -0.898. The van der Waals surface area contributed by atoms with E-state index in [1.54, 1.807) is 0 Å². The van der Waals surface area contributed by atoms with Crippen LogP contribution in [-0.2, 0) is 0 Å². The van der Waals surface area contributed by atoms with E-state index >= 15 is 0 Å². The lowest BCUT2D eigenvalue weighted by atomic mass is 10.3. The number of hydrogen-bond donors (Lipinski definition) is 1. The monoisotopic (exact) mass is 203 g/mol. The predicted molar refractivity (Wildman–Crippen MR) is 51.8 cm³/mol. The lowest BCUT2D eigenvalue weighted by molar-refractivity contribution is 0.506. The fourth-order valence-electron chi connectivity index (χ4n) is 0.900. The van der Waals surface area contributed by atoms with Crippen molar-refractivity contribution in [2.24, 2.45) is 0 Å². The molecule has 0 saturated heterocycles. The van der Waals surface area contributed by atoms with Gasteiger partial charge >= 0.3 is 0 Å². The van der Waals surface area contributed by atoms with Gasteiger partial charge in [-0.2, -0.15) is 0 Å². The Balaban J connectivity index is 3.01. The first-order chi connectivity index (χ1) is 6.00. The zero-order valence-electron chi connectivity index (χ0n) is 7.47. The highest BCUT2D eigenvalue weighted by Crippen LogP contribution is 2.30. The topological polar surface area (TPSA) is 26.0 Å². The molecule has 0 aliphatic heterocycles. The second kappa shape index (κ2) is 3.96. The van der Waals surface area contributed by atoms with Gasteiger partial charge in [-0.25, -0.2) is 8.78 Å². The molecule has 0 amide bonds. The summed E-state index contributed by atoms with van der Waals surface area (Å²) < 4.78 is 25.4. The number of hydrogen-bond acceptors (Lipinski definition) is 2. The van der Waals surface area contributed by atoms with E-state index < -0.39 is 11.6 Å². The van der Waals surface area contributed by atoms with E-state index in [0.717, 1.165) is 12.1 Å². The standard InChI is InChI=1S/C9H11F2NS/c1-5(2)13-9-4-7(11)6(10)3-8(9)12/h3-5H,12H2,1-2H3. The first kappa shape index (κ1) is 10.3. The van der Waals surface area contributed by atoms with Crippen LogP contribution in [0.3, 0.4) is 0 Å². The van der Waals surface area contributed by atoms with Crippen molar-refractivity contribution in [3.63, 3.8) is 0 Å². The van der Waals surface area contributed by atoms with Crippen molar-refractivity contribution in [1.82, 2.24) is 0 Å². The summed E-state index contributed by atoms with van der Waals surface area (Å²) in [5, 5.41) is 0.298. The highest BCUT2D eigenvalue weighted by molar-refractivity contribution is 8.00. The molecular weight excluding hydrogens is 192 g/mol. The van der Waals surface area contributed by atoms with Gasteiger partial charge in [-0.15, -0.1) is 11.8 Å². The number of nitrogens with two attached hydrogens (primary N) is 1. The van der Waals surface area contributed by atoms with Crippen molar-refractivity contribution in [1.29, 1.82) is 0 Å². The largest absolute Gasteiger partial charge is 0.398 e. The van der Waals surface area contributed by atoms with E-state index in [2.05, 4.69) is 0 Å². The van der Waals surface area contributed by atoms with Crippen LogP contribution in [0.5, 0.6) is 0 Å². The molecule has 0 heterocycles. The summed E-state index contributed by atoms with van der Waals surface area (Å²) in [7, 11) is 0. The summed E-state index contributed by atoms with van der Waals surface area (Å²) in [6.45, 7) is 3.93. The zero-order valence-corrected chi connectivity index (χ0v) is 8.29. The summed E-state index contributed by atoms with van der Waals surface area (Å²) in [5.41, 5.74) is 5.80. The molecule has 13 heavy (non-hydrogen) atoms. The normalized spacial score (nSPS) is 10.8. The van der Waals surface area contributed by atoms with Crippen molar-refractivity contribution in [3.8, 4) is 0 Å². The van der Waals surface area contributed by atoms with Crippen LogP contribution in [0.15, 0.2) is 17.0 Å². The van der Waals surface area contributed by atoms with Crippen LogP contribution in [0.1, 0.15) is 13.8 Å². The van der Waals surface area contributed by atoms with E-state index in [-0.39, 0.29) is 5.69 Å². The predicted octanol–water partition coefficient (Wildman–Crippen LogP) is 3.05. The molecule has 4 heteroatoms. The van der Waals surface area contributed by atoms with Gasteiger partial charge in [-0.3, -0.25) is 0 Å². The quantitative estimate of drug-likeness (QED) is 0.590. The van der Waals surface area contributed by atoms with Crippen LogP contribution in [0.25, 0.3) is 0 Å². The van der Waals surface area contributed by atoms with E-state index in [1.165, 1.54) is 11.8 Å². The molecule has 1 aromatic rings. The maximum Gasteiger partial charge on any atom is 0.160 e. The Morgan fingerprint density at radius 2 is 1.77 bits per heavy atom. The summed E-state index contributed by atoms with van der Waals surface area (Å²) >= 11 is 1.42. The fraction of sp³-hybridized carbons (Fsp3) is 0.333. The van der Waals surface area contributed by atoms with Gasteiger partial charge in [0.05, 0.1) is 0 Å². The second-order valence-electron chi connectivity index (χ2n) is 2.97. The molecule has 0 aromatic heterocycles. The number of anilines is 1. The number of thioether (sulfide) groups is 1. The van der Waals surface area contributed by atoms with Gasteiger partial charge in [-0.05, 0) is 6.07 Å². The Kier molecular flexibility index (Phi) is 3.14. The molecule has 1 rings (SSSR count). The van der Waals surface area contributed by atoms with Gasteiger partial charge in [0, 0.05) is 21.9 Å². The highest BCUT2D eigenvalue weighted by Gasteiger charge is 2.08. The zero-order chi connectivity index (χ0) is 10.0. The molecule has 0 unspecified atom stereocenters. The van der Waals surface area contributed by atoms with E-state index in [4.69, 9.17) is 5.73 Å². The van der Waals surface area contributed by atoms with Gasteiger partial charge in [-0.1, -0.05) is 13.8 Å². The van der Waals surface area contributed by atoms with Crippen molar-refractivity contribution >= 4 is 17.4 Å². The molecule has 0 radical (unpaired) electrons. The van der Waals surface area contributed by atoms with Gasteiger partial charge in [0.1, 0.15) is 0 Å². The Labute approximate surface area is 80.3 Å². The summed E-state index contributed by atoms with van der Waals surface area (Å²) in [6, 6.07) is 2.15. The van der Waals surface area contributed by atoms with Crippen LogP contribution in [0.4, 0.5) is 14.5 Å². The third-order valence-electron chi connectivity index (χ3n) is 1.42. The van der Waals surface area contributed by atoms with Crippen LogP contribution in [-0.4, -0.2) is 5.25 Å². The summed E-state index contributed by atoms with van der Waals surface area (Å²) in [6.07, 6.45) is 0. The molecule has 0 atom stereocenters. The van der Waals surface area contributed by atoms with Crippen LogP contribution < -0.4 is 5.73 Å². The number of nitrogen functional groups attached to an aromatic ring is 1. The minimum absolute atomic E-state index is 0.289. The maximum absolute atomic E-state index is 12.8. The summed E-state index contributed by atoms with van der Waals surface area (Å²) in [5.74, 6) is -1.75. The highest BCUT2D eigenvalue weighted by atomic mass is 32.2. The van der Waals surface area contributed by atoms with Crippen LogP contribution >= 0.6 is 11.8 Å². The Bertz CT molecular complexity index is 313. The van der Waals surface area contributed by atoms with Gasteiger partial charge in [0.2, 0.25) is 0 Å². The van der Waals surface area contributed by atoms with Crippen molar-refractivity contribution in [2.75, 3.05) is 5.73 Å². The van der Waals surface area contributed by atoms with Crippen LogP contribution in [0, 0.1) is 11.6 Å². The Morgan fingerprint density at radius 3 is 2.31 bits per heavy atom. The third-order valence-corrected chi connectivity index (χ3v) is 2.49. The molecule has 0 aliphatic carbocycles. The third kappa shape index (κ3) is 2.59. The average molecular weight is 203 g/mol. The summed E-state index contributed by atoms with van der Waals surface area (Å²) in [4.78, 5) is 0.592. The lowest BCUT2D eigenvalue weighted by Crippen LogP contribution is -1.96. The average Bonchev–Trinajstić information content (AvgIpc) is 1.99. The smallest absolute Gasteiger partial charge is 0.160 e. The van der Waals surface area contributed by atoms with E-state index in [1.807, 2.05) is 13.8 Å². The van der Waals surface area contributed by atoms with E-state index in [0.29, 0.717) is 10.1 Å². The number of halogens is 2. The van der Waals surface area contributed by atoms with Crippen molar-refractivity contribution in [3.05, 3.63) is 23.8 Å². The number of rotatable bonds is 2. The fourth-order valence-corrected chi connectivity index (χ4v) is 1.77. The van der Waals surface area contributed by atoms with E-state index in [9.17, 15) is 8.78 Å². The van der Waals surface area contributed by atoms with Crippen molar-refractivity contribution < 1.29 is 8.78 Å². The van der Waals surface area contributed by atoms with Crippen LogP contribution in [0.2, 0.25) is 0 Å². The lowest BCUT2D eigenvalue weighted by Gasteiger charge is -2.08. The Morgan fingerprint density at radius 1 is 1.23 bits per heavy atom. The van der Waals surface area contributed by atoms with Gasteiger partial charge in [0.15, 0.2) is 11.6 Å². The molecular formula is C9H11F2NS. The molecule has 0 fully saturated rings. The number of benzene rings is 1. The Hall–Kier alpha value is -0.770. The van der Waals surface area contributed by atoms with Gasteiger partial charge < -0.3 is 5.73 Å². The molecule has 1 nitrogen and oxygen atoms in total. The molecule has 72 valence electrons. The molecule has 0 saturated carbocycles. The van der Waals surface area contributed by atoms with Gasteiger partial charge in [0.25, 0.3) is 0 Å². The second-order valence-corrected chi connectivity index (χ2v) is 4.59. The molecule has 2 N–H and O–H groups in total. The first-order valence-electron chi connectivity index (χ1n) is 3.92. The molecule has 0 spiro atoms. The first-order valence-corrected chi connectivity index (χ1v) is 4.80. The SMILES string of the molecule is CC(C)Sc1cc(F)c(F)cc1N. The molecule has 1 aromatic carbocycles. The molecule has 0 bridgehead atoms. The molecule has 0 aliphatic rings. The maximum atomic E-state index is 12.8. The van der Waals surface area contributed by atoms with Crippen molar-refractivity contribution in [2.45, 2.75) is 24.0 Å². The minimum Gasteiger partial charge on any atom is -0.398 e.